The summed E-state index contributed by atoms with van der Waals surface area (Å²) < 4.78 is 22.4. The first-order chi connectivity index (χ1) is 9.48. The van der Waals surface area contributed by atoms with Crippen molar-refractivity contribution in [3.63, 3.8) is 0 Å². The fourth-order valence-corrected chi connectivity index (χ4v) is 3.13. The monoisotopic (exact) mass is 295 g/mol. The third-order valence-electron chi connectivity index (χ3n) is 3.84. The lowest BCUT2D eigenvalue weighted by Gasteiger charge is -2.22. The minimum atomic E-state index is -2.83. The number of rotatable bonds is 8. The molecule has 20 heavy (non-hydrogen) atoms. The van der Waals surface area contributed by atoms with Crippen LogP contribution in [0.3, 0.4) is 0 Å². The SMILES string of the molecule is CCc1ccc(CN(CCCS(C)(=O)=O)C2CC2)cc1. The Bertz CT molecular complexity index is 518. The van der Waals surface area contributed by atoms with Crippen molar-refractivity contribution in [3.8, 4) is 0 Å². The summed E-state index contributed by atoms with van der Waals surface area (Å²) in [4.78, 5) is 2.44. The molecule has 0 saturated heterocycles. The summed E-state index contributed by atoms with van der Waals surface area (Å²) in [6.45, 7) is 3.99. The van der Waals surface area contributed by atoms with E-state index in [0.29, 0.717) is 11.8 Å². The molecule has 112 valence electrons. The van der Waals surface area contributed by atoms with Gasteiger partial charge in [-0.3, -0.25) is 4.90 Å². The van der Waals surface area contributed by atoms with Crippen LogP contribution < -0.4 is 0 Å². The molecule has 0 bridgehead atoms. The third kappa shape index (κ3) is 5.25. The predicted octanol–water partition coefficient (Wildman–Crippen LogP) is 2.65. The largest absolute Gasteiger partial charge is 0.296 e. The molecule has 0 atom stereocenters. The van der Waals surface area contributed by atoms with Crippen molar-refractivity contribution < 1.29 is 8.42 Å². The van der Waals surface area contributed by atoms with Gasteiger partial charge >= 0.3 is 0 Å². The van der Waals surface area contributed by atoms with Gasteiger partial charge in [0.1, 0.15) is 9.84 Å². The average Bonchev–Trinajstić information content (AvgIpc) is 3.21. The Balaban J connectivity index is 1.88. The molecule has 0 amide bonds. The van der Waals surface area contributed by atoms with Crippen LogP contribution in [0.2, 0.25) is 0 Å². The molecule has 1 aromatic carbocycles. The molecule has 3 nitrogen and oxygen atoms in total. The zero-order valence-corrected chi connectivity index (χ0v) is 13.3. The molecule has 0 heterocycles. The topological polar surface area (TPSA) is 37.4 Å². The minimum absolute atomic E-state index is 0.297. The Morgan fingerprint density at radius 1 is 1.15 bits per heavy atom. The summed E-state index contributed by atoms with van der Waals surface area (Å²) >= 11 is 0. The molecule has 0 aliphatic heterocycles. The number of aryl methyl sites for hydroxylation is 1. The van der Waals surface area contributed by atoms with Crippen LogP contribution in [-0.4, -0.2) is 37.9 Å². The number of benzene rings is 1. The molecule has 1 aromatic rings. The van der Waals surface area contributed by atoms with E-state index in [1.807, 2.05) is 0 Å². The molecule has 0 spiro atoms. The number of hydrogen-bond acceptors (Lipinski definition) is 3. The standard InChI is InChI=1S/C16H25NO2S/c1-3-14-5-7-15(8-6-14)13-17(16-9-10-16)11-4-12-20(2,18)19/h5-8,16H,3-4,9-13H2,1-2H3. The number of sulfone groups is 1. The quantitative estimate of drug-likeness (QED) is 0.740. The highest BCUT2D eigenvalue weighted by Gasteiger charge is 2.28. The molecule has 0 N–H and O–H groups in total. The average molecular weight is 295 g/mol. The Hall–Kier alpha value is -0.870. The molecular weight excluding hydrogens is 270 g/mol. The maximum Gasteiger partial charge on any atom is 0.147 e. The van der Waals surface area contributed by atoms with Gasteiger partial charge in [-0.2, -0.15) is 0 Å². The van der Waals surface area contributed by atoms with Gasteiger partial charge in [-0.05, 0) is 43.4 Å². The molecule has 1 saturated carbocycles. The summed E-state index contributed by atoms with van der Waals surface area (Å²) in [5, 5.41) is 0. The maximum atomic E-state index is 11.2. The van der Waals surface area contributed by atoms with Crippen LogP contribution in [0.15, 0.2) is 24.3 Å². The maximum absolute atomic E-state index is 11.2. The Morgan fingerprint density at radius 3 is 2.25 bits per heavy atom. The molecule has 0 aromatic heterocycles. The van der Waals surface area contributed by atoms with Crippen molar-refractivity contribution in [2.75, 3.05) is 18.6 Å². The van der Waals surface area contributed by atoms with E-state index in [4.69, 9.17) is 0 Å². The summed E-state index contributed by atoms with van der Waals surface area (Å²) in [7, 11) is -2.83. The smallest absolute Gasteiger partial charge is 0.147 e. The van der Waals surface area contributed by atoms with Gasteiger partial charge in [0.05, 0.1) is 5.75 Å². The number of nitrogens with zero attached hydrogens (tertiary/aromatic N) is 1. The van der Waals surface area contributed by atoms with E-state index in [9.17, 15) is 8.42 Å². The van der Waals surface area contributed by atoms with Gasteiger partial charge in [-0.15, -0.1) is 0 Å². The Labute approximate surface area is 122 Å². The van der Waals surface area contributed by atoms with E-state index in [1.165, 1.54) is 30.2 Å². The fourth-order valence-electron chi connectivity index (χ4n) is 2.48. The minimum Gasteiger partial charge on any atom is -0.296 e. The second-order valence-corrected chi connectivity index (χ2v) is 8.11. The van der Waals surface area contributed by atoms with Gasteiger partial charge in [-0.25, -0.2) is 8.42 Å². The molecule has 2 rings (SSSR count). The molecule has 4 heteroatoms. The first-order valence-electron chi connectivity index (χ1n) is 7.47. The van der Waals surface area contributed by atoms with Gasteiger partial charge in [0, 0.05) is 18.8 Å². The van der Waals surface area contributed by atoms with Crippen molar-refractivity contribution in [2.24, 2.45) is 0 Å². The van der Waals surface area contributed by atoms with Crippen molar-refractivity contribution in [2.45, 2.75) is 45.2 Å². The zero-order chi connectivity index (χ0) is 14.6. The summed E-state index contributed by atoms with van der Waals surface area (Å²) in [6, 6.07) is 9.45. The van der Waals surface area contributed by atoms with Gasteiger partial charge in [-0.1, -0.05) is 31.2 Å². The molecular formula is C16H25NO2S. The van der Waals surface area contributed by atoms with E-state index in [0.717, 1.165) is 25.9 Å². The molecule has 0 radical (unpaired) electrons. The van der Waals surface area contributed by atoms with Crippen LogP contribution in [0.1, 0.15) is 37.3 Å². The zero-order valence-electron chi connectivity index (χ0n) is 12.5. The van der Waals surface area contributed by atoms with E-state index in [-0.39, 0.29) is 0 Å². The molecule has 0 unspecified atom stereocenters. The van der Waals surface area contributed by atoms with E-state index >= 15 is 0 Å². The summed E-state index contributed by atoms with van der Waals surface area (Å²) in [6.07, 6.45) is 5.64. The first kappa shape index (κ1) is 15.5. The van der Waals surface area contributed by atoms with Crippen molar-refractivity contribution >= 4 is 9.84 Å². The van der Waals surface area contributed by atoms with Crippen molar-refractivity contribution in [3.05, 3.63) is 35.4 Å². The molecule has 1 aliphatic rings. The van der Waals surface area contributed by atoms with Crippen molar-refractivity contribution in [1.82, 2.24) is 4.90 Å². The van der Waals surface area contributed by atoms with Gasteiger partial charge in [0.25, 0.3) is 0 Å². The van der Waals surface area contributed by atoms with Gasteiger partial charge in [0.2, 0.25) is 0 Å². The highest BCUT2D eigenvalue weighted by molar-refractivity contribution is 7.90. The van der Waals surface area contributed by atoms with Crippen LogP contribution in [0, 0.1) is 0 Å². The lowest BCUT2D eigenvalue weighted by Crippen LogP contribution is -2.28. The summed E-state index contributed by atoms with van der Waals surface area (Å²) in [5.74, 6) is 0.297. The van der Waals surface area contributed by atoms with Crippen LogP contribution in [-0.2, 0) is 22.8 Å². The van der Waals surface area contributed by atoms with E-state index in [1.54, 1.807) is 0 Å². The fraction of sp³-hybridized carbons (Fsp3) is 0.625. The van der Waals surface area contributed by atoms with E-state index in [2.05, 4.69) is 36.1 Å². The third-order valence-corrected chi connectivity index (χ3v) is 4.87. The van der Waals surface area contributed by atoms with Gasteiger partial charge in [0.15, 0.2) is 0 Å². The lowest BCUT2D eigenvalue weighted by molar-refractivity contribution is 0.255. The van der Waals surface area contributed by atoms with Crippen LogP contribution >= 0.6 is 0 Å². The second-order valence-electron chi connectivity index (χ2n) is 5.86. The highest BCUT2D eigenvalue weighted by Crippen LogP contribution is 2.28. The highest BCUT2D eigenvalue weighted by atomic mass is 32.2. The van der Waals surface area contributed by atoms with Crippen LogP contribution in [0.4, 0.5) is 0 Å². The Kier molecular flexibility index (Phi) is 5.22. The Morgan fingerprint density at radius 2 is 1.75 bits per heavy atom. The molecule has 1 fully saturated rings. The normalized spacial score (nSPS) is 15.8. The van der Waals surface area contributed by atoms with Crippen molar-refractivity contribution in [1.29, 1.82) is 0 Å². The second kappa shape index (κ2) is 6.72. The van der Waals surface area contributed by atoms with E-state index < -0.39 is 9.84 Å². The summed E-state index contributed by atoms with van der Waals surface area (Å²) in [5.41, 5.74) is 2.69. The molecule has 1 aliphatic carbocycles. The van der Waals surface area contributed by atoms with Crippen LogP contribution in [0.25, 0.3) is 0 Å². The van der Waals surface area contributed by atoms with Gasteiger partial charge < -0.3 is 0 Å². The first-order valence-corrected chi connectivity index (χ1v) is 9.53. The predicted molar refractivity (Wildman–Crippen MR) is 83.6 cm³/mol. The lowest BCUT2D eigenvalue weighted by atomic mass is 10.1. The van der Waals surface area contributed by atoms with Crippen LogP contribution in [0.5, 0.6) is 0 Å². The number of hydrogen-bond donors (Lipinski definition) is 0.